The molecule has 2 aliphatic heterocycles. The number of amidine groups is 1. The number of fused-ring (bicyclic) bond motifs is 2. The molecule has 1 aromatic heterocycles. The van der Waals surface area contributed by atoms with Crippen molar-refractivity contribution in [1.29, 1.82) is 0 Å². The van der Waals surface area contributed by atoms with E-state index < -0.39 is 5.54 Å². The number of aromatic nitrogens is 2. The van der Waals surface area contributed by atoms with Crippen molar-refractivity contribution in [2.24, 2.45) is 22.7 Å². The molecule has 1 saturated heterocycles. The first kappa shape index (κ1) is 14.4. The molecule has 3 heterocycles. The number of amides is 1. The second-order valence-corrected chi connectivity index (χ2v) is 7.82. The minimum absolute atomic E-state index is 0.268. The number of rotatable bonds is 3. The lowest BCUT2D eigenvalue weighted by atomic mass is 9.85. The normalized spacial score (nSPS) is 35.0. The Hall–Kier alpha value is -1.98. The van der Waals surface area contributed by atoms with Crippen LogP contribution in [0.5, 0.6) is 0 Å². The molecule has 1 spiro atoms. The molecule has 0 aromatic carbocycles. The van der Waals surface area contributed by atoms with Crippen molar-refractivity contribution in [2.75, 3.05) is 24.5 Å². The van der Waals surface area contributed by atoms with Gasteiger partial charge in [0.05, 0.1) is 0 Å². The van der Waals surface area contributed by atoms with E-state index in [1.54, 1.807) is 12.5 Å². The van der Waals surface area contributed by atoms with Crippen molar-refractivity contribution in [3.8, 4) is 0 Å². The Balaban J connectivity index is 1.41. The van der Waals surface area contributed by atoms with Crippen LogP contribution in [0.2, 0.25) is 0 Å². The fourth-order valence-corrected chi connectivity index (χ4v) is 4.91. The van der Waals surface area contributed by atoms with Gasteiger partial charge in [-0.15, -0.1) is 0 Å². The second kappa shape index (κ2) is 5.01. The monoisotopic (exact) mass is 325 g/mol. The summed E-state index contributed by atoms with van der Waals surface area (Å²) in [5, 5.41) is 0. The average Bonchev–Trinajstić information content (AvgIpc) is 3.13. The molecular weight excluding hydrogens is 302 g/mol. The topological polar surface area (TPSA) is 61.7 Å². The van der Waals surface area contributed by atoms with Gasteiger partial charge in [-0.3, -0.25) is 14.7 Å². The van der Waals surface area contributed by atoms with Gasteiger partial charge in [-0.25, -0.2) is 9.97 Å². The number of hydrogen-bond donors (Lipinski definition) is 0. The molecule has 0 N–H and O–H groups in total. The van der Waals surface area contributed by atoms with E-state index in [2.05, 4.69) is 14.9 Å². The molecule has 24 heavy (non-hydrogen) atoms. The third kappa shape index (κ3) is 2.01. The SMILES string of the molecule is CC1=N[C@@]2(CC[C@@H]3CN(c4ccncn4)C[C@@H]32)C(=O)N1CC1CC1. The number of carbonyl (C=O) groups is 1. The summed E-state index contributed by atoms with van der Waals surface area (Å²) in [6.45, 7) is 4.75. The standard InChI is InChI=1S/C18H23N5O/c1-12-21-18(17(24)23(12)8-13-2-3-13)6-4-14-9-22(10-15(14)18)16-5-7-19-11-20-16/h5,7,11,13-15H,2-4,6,8-10H2,1H3/t14-,15+,18-/m1/s1. The summed E-state index contributed by atoms with van der Waals surface area (Å²) in [7, 11) is 0. The lowest BCUT2D eigenvalue weighted by Gasteiger charge is -2.28. The van der Waals surface area contributed by atoms with Crippen molar-refractivity contribution in [1.82, 2.24) is 14.9 Å². The van der Waals surface area contributed by atoms with E-state index >= 15 is 0 Å². The minimum Gasteiger partial charge on any atom is -0.356 e. The van der Waals surface area contributed by atoms with Gasteiger partial charge in [-0.05, 0) is 50.5 Å². The molecule has 6 heteroatoms. The fourth-order valence-electron chi connectivity index (χ4n) is 4.91. The van der Waals surface area contributed by atoms with E-state index in [9.17, 15) is 4.79 Å². The molecule has 3 atom stereocenters. The number of carbonyl (C=O) groups excluding carboxylic acids is 1. The van der Waals surface area contributed by atoms with E-state index in [-0.39, 0.29) is 5.91 Å². The van der Waals surface area contributed by atoms with Crippen LogP contribution in [0.4, 0.5) is 5.82 Å². The molecule has 0 unspecified atom stereocenters. The number of hydrogen-bond acceptors (Lipinski definition) is 5. The van der Waals surface area contributed by atoms with Gasteiger partial charge in [0.2, 0.25) is 0 Å². The van der Waals surface area contributed by atoms with Crippen LogP contribution in [0, 0.1) is 17.8 Å². The number of anilines is 1. The van der Waals surface area contributed by atoms with Crippen LogP contribution in [0.25, 0.3) is 0 Å². The van der Waals surface area contributed by atoms with Crippen molar-refractivity contribution < 1.29 is 4.79 Å². The van der Waals surface area contributed by atoms with E-state index in [0.717, 1.165) is 44.1 Å². The first-order valence-corrected chi connectivity index (χ1v) is 9.07. The van der Waals surface area contributed by atoms with Crippen molar-refractivity contribution in [3.05, 3.63) is 18.6 Å². The highest BCUT2D eigenvalue weighted by molar-refractivity contribution is 6.07. The molecule has 0 radical (unpaired) electrons. The molecule has 1 aromatic rings. The molecule has 126 valence electrons. The van der Waals surface area contributed by atoms with Gasteiger partial charge in [0.25, 0.3) is 5.91 Å². The predicted octanol–water partition coefficient (Wildman–Crippen LogP) is 1.73. The summed E-state index contributed by atoms with van der Waals surface area (Å²) < 4.78 is 0. The van der Waals surface area contributed by atoms with Crippen LogP contribution < -0.4 is 4.90 Å². The smallest absolute Gasteiger partial charge is 0.256 e. The van der Waals surface area contributed by atoms with E-state index in [0.29, 0.717) is 17.8 Å². The molecule has 4 aliphatic rings. The van der Waals surface area contributed by atoms with Gasteiger partial charge in [-0.1, -0.05) is 0 Å². The quantitative estimate of drug-likeness (QED) is 0.849. The lowest BCUT2D eigenvalue weighted by Crippen LogP contribution is -2.47. The van der Waals surface area contributed by atoms with Crippen molar-refractivity contribution in [3.63, 3.8) is 0 Å². The molecule has 2 saturated carbocycles. The number of nitrogens with zero attached hydrogens (tertiary/aromatic N) is 5. The third-order valence-corrected chi connectivity index (χ3v) is 6.35. The van der Waals surface area contributed by atoms with Crippen LogP contribution in [0.15, 0.2) is 23.6 Å². The van der Waals surface area contributed by atoms with Crippen LogP contribution in [0.1, 0.15) is 32.6 Å². The molecule has 0 bridgehead atoms. The largest absolute Gasteiger partial charge is 0.356 e. The fraction of sp³-hybridized carbons (Fsp3) is 0.667. The van der Waals surface area contributed by atoms with Crippen LogP contribution in [-0.2, 0) is 4.79 Å². The highest BCUT2D eigenvalue weighted by atomic mass is 16.2. The molecule has 5 rings (SSSR count). The third-order valence-electron chi connectivity index (χ3n) is 6.35. The van der Waals surface area contributed by atoms with Crippen molar-refractivity contribution in [2.45, 2.75) is 38.1 Å². The Labute approximate surface area is 142 Å². The van der Waals surface area contributed by atoms with E-state index in [1.165, 1.54) is 12.8 Å². The lowest BCUT2D eigenvalue weighted by molar-refractivity contribution is -0.132. The number of aliphatic imine (C=N–C) groups is 1. The van der Waals surface area contributed by atoms with E-state index in [4.69, 9.17) is 4.99 Å². The van der Waals surface area contributed by atoms with Gasteiger partial charge < -0.3 is 4.90 Å². The first-order valence-electron chi connectivity index (χ1n) is 9.07. The Morgan fingerprint density at radius 3 is 2.92 bits per heavy atom. The van der Waals surface area contributed by atoms with Crippen LogP contribution in [0.3, 0.4) is 0 Å². The van der Waals surface area contributed by atoms with Gasteiger partial charge in [0.1, 0.15) is 23.5 Å². The summed E-state index contributed by atoms with van der Waals surface area (Å²) in [5.41, 5.74) is -0.495. The summed E-state index contributed by atoms with van der Waals surface area (Å²) in [4.78, 5) is 30.9. The molecule has 3 fully saturated rings. The van der Waals surface area contributed by atoms with Gasteiger partial charge in [0, 0.05) is 31.7 Å². The molecule has 1 amide bonds. The van der Waals surface area contributed by atoms with Gasteiger partial charge in [0.15, 0.2) is 0 Å². The summed E-state index contributed by atoms with van der Waals surface area (Å²) >= 11 is 0. The summed E-state index contributed by atoms with van der Waals surface area (Å²) in [6.07, 6.45) is 7.91. The second-order valence-electron chi connectivity index (χ2n) is 7.82. The minimum atomic E-state index is -0.495. The predicted molar refractivity (Wildman–Crippen MR) is 90.7 cm³/mol. The maximum absolute atomic E-state index is 13.3. The maximum Gasteiger partial charge on any atom is 0.256 e. The zero-order valence-electron chi connectivity index (χ0n) is 14.1. The molecule has 6 nitrogen and oxygen atoms in total. The highest BCUT2D eigenvalue weighted by Gasteiger charge is 2.61. The summed E-state index contributed by atoms with van der Waals surface area (Å²) in [6, 6.07) is 1.96. The van der Waals surface area contributed by atoms with Crippen LogP contribution in [-0.4, -0.2) is 51.8 Å². The summed E-state index contributed by atoms with van der Waals surface area (Å²) in [5.74, 6) is 3.74. The molecular formula is C18H23N5O. The van der Waals surface area contributed by atoms with Crippen LogP contribution >= 0.6 is 0 Å². The highest BCUT2D eigenvalue weighted by Crippen LogP contribution is 2.51. The Morgan fingerprint density at radius 1 is 1.29 bits per heavy atom. The van der Waals surface area contributed by atoms with Gasteiger partial charge in [-0.2, -0.15) is 0 Å². The van der Waals surface area contributed by atoms with Crippen molar-refractivity contribution >= 4 is 17.6 Å². The Bertz CT molecular complexity index is 701. The Kier molecular flexibility index (Phi) is 3.00. The van der Waals surface area contributed by atoms with E-state index in [1.807, 2.05) is 17.9 Å². The first-order chi connectivity index (χ1) is 11.7. The zero-order chi connectivity index (χ0) is 16.3. The Morgan fingerprint density at radius 2 is 2.17 bits per heavy atom. The maximum atomic E-state index is 13.3. The average molecular weight is 325 g/mol. The zero-order valence-corrected chi connectivity index (χ0v) is 14.1. The molecule has 2 aliphatic carbocycles. The van der Waals surface area contributed by atoms with Gasteiger partial charge >= 0.3 is 0 Å².